The van der Waals surface area contributed by atoms with Crippen molar-refractivity contribution in [3.05, 3.63) is 11.9 Å². The molecule has 3 N–H and O–H groups in total. The molecular formula is C11H19N5O2. The van der Waals surface area contributed by atoms with Crippen LogP contribution < -0.4 is 11.1 Å². The van der Waals surface area contributed by atoms with Crippen LogP contribution >= 0.6 is 0 Å². The molecular weight excluding hydrogens is 234 g/mol. The number of rotatable bonds is 4. The summed E-state index contributed by atoms with van der Waals surface area (Å²) in [5.41, 5.74) is 5.41. The van der Waals surface area contributed by atoms with Gasteiger partial charge in [0.15, 0.2) is 5.69 Å². The van der Waals surface area contributed by atoms with Crippen LogP contribution in [-0.4, -0.2) is 46.2 Å². The van der Waals surface area contributed by atoms with Crippen LogP contribution in [0.3, 0.4) is 0 Å². The summed E-state index contributed by atoms with van der Waals surface area (Å²) in [5.74, 6) is -0.216. The first-order valence-electron chi connectivity index (χ1n) is 6.13. The molecule has 0 saturated carbocycles. The molecule has 7 nitrogen and oxygen atoms in total. The molecule has 0 aliphatic carbocycles. The Kier molecular flexibility index (Phi) is 3.93. The highest BCUT2D eigenvalue weighted by Gasteiger charge is 2.30. The van der Waals surface area contributed by atoms with Crippen LogP contribution in [-0.2, 0) is 11.3 Å². The van der Waals surface area contributed by atoms with Gasteiger partial charge in [-0.25, -0.2) is 0 Å². The summed E-state index contributed by atoms with van der Waals surface area (Å²) >= 11 is 0. The predicted molar refractivity (Wildman–Crippen MR) is 65.0 cm³/mol. The summed E-state index contributed by atoms with van der Waals surface area (Å²) < 4.78 is 6.96. The molecule has 2 rings (SSSR count). The second-order valence-corrected chi connectivity index (χ2v) is 4.83. The van der Waals surface area contributed by atoms with Gasteiger partial charge in [0.1, 0.15) is 0 Å². The quantitative estimate of drug-likeness (QED) is 0.756. The normalized spacial score (nSPS) is 23.9. The predicted octanol–water partition coefficient (Wildman–Crippen LogP) is -0.464. The maximum absolute atomic E-state index is 12.0. The summed E-state index contributed by atoms with van der Waals surface area (Å²) in [6.07, 6.45) is 3.47. The Balaban J connectivity index is 1.97. The zero-order chi connectivity index (χ0) is 13.0. The summed E-state index contributed by atoms with van der Waals surface area (Å²) in [7, 11) is 0. The zero-order valence-corrected chi connectivity index (χ0v) is 10.6. The van der Waals surface area contributed by atoms with Crippen LogP contribution in [0, 0.1) is 0 Å². The molecule has 100 valence electrons. The van der Waals surface area contributed by atoms with Crippen LogP contribution in [0.25, 0.3) is 0 Å². The van der Waals surface area contributed by atoms with E-state index in [1.165, 1.54) is 0 Å². The molecule has 0 spiro atoms. The standard InChI is InChI=1S/C11H19N5O2/c1-11(3-2-6-18-8-11)13-10(17)9-7-16(5-4-12)15-14-9/h7H,2-6,8,12H2,1H3,(H,13,17). The molecule has 1 unspecified atom stereocenters. The van der Waals surface area contributed by atoms with Crippen molar-refractivity contribution in [2.45, 2.75) is 31.8 Å². The Hall–Kier alpha value is -1.47. The van der Waals surface area contributed by atoms with E-state index in [2.05, 4.69) is 15.6 Å². The lowest BCUT2D eigenvalue weighted by molar-refractivity contribution is 0.0271. The number of amides is 1. The highest BCUT2D eigenvalue weighted by molar-refractivity contribution is 5.92. The largest absolute Gasteiger partial charge is 0.379 e. The third-order valence-electron chi connectivity index (χ3n) is 2.98. The SMILES string of the molecule is CC1(NC(=O)c2cn(CCN)nn2)CCCOC1. The molecule has 1 aliphatic rings. The third kappa shape index (κ3) is 3.05. The number of ether oxygens (including phenoxy) is 1. The first kappa shape index (κ1) is 13.0. The van der Waals surface area contributed by atoms with Gasteiger partial charge in [-0.2, -0.15) is 0 Å². The highest BCUT2D eigenvalue weighted by atomic mass is 16.5. The van der Waals surface area contributed by atoms with E-state index in [0.717, 1.165) is 19.4 Å². The van der Waals surface area contributed by atoms with Gasteiger partial charge >= 0.3 is 0 Å². The highest BCUT2D eigenvalue weighted by Crippen LogP contribution is 2.18. The number of nitrogens with zero attached hydrogens (tertiary/aromatic N) is 3. The van der Waals surface area contributed by atoms with E-state index in [4.69, 9.17) is 10.5 Å². The van der Waals surface area contributed by atoms with E-state index in [-0.39, 0.29) is 11.4 Å². The van der Waals surface area contributed by atoms with Crippen molar-refractivity contribution >= 4 is 5.91 Å². The van der Waals surface area contributed by atoms with Gasteiger partial charge in [0.2, 0.25) is 0 Å². The van der Waals surface area contributed by atoms with Crippen molar-refractivity contribution in [2.75, 3.05) is 19.8 Å². The number of hydrogen-bond donors (Lipinski definition) is 2. The number of aromatic nitrogens is 3. The fourth-order valence-electron chi connectivity index (χ4n) is 2.01. The van der Waals surface area contributed by atoms with Crippen LogP contribution in [0.4, 0.5) is 0 Å². The molecule has 1 aromatic heterocycles. The summed E-state index contributed by atoms with van der Waals surface area (Å²) in [5, 5.41) is 10.6. The summed E-state index contributed by atoms with van der Waals surface area (Å²) in [6, 6.07) is 0. The lowest BCUT2D eigenvalue weighted by atomic mass is 9.95. The van der Waals surface area contributed by atoms with Gasteiger partial charge in [0, 0.05) is 13.2 Å². The van der Waals surface area contributed by atoms with Crippen LogP contribution in [0.5, 0.6) is 0 Å². The van der Waals surface area contributed by atoms with Crippen molar-refractivity contribution < 1.29 is 9.53 Å². The molecule has 1 fully saturated rings. The van der Waals surface area contributed by atoms with Gasteiger partial charge in [-0.15, -0.1) is 5.10 Å². The van der Waals surface area contributed by atoms with Gasteiger partial charge in [0.05, 0.1) is 24.9 Å². The Morgan fingerprint density at radius 2 is 2.56 bits per heavy atom. The van der Waals surface area contributed by atoms with E-state index in [1.807, 2.05) is 6.92 Å². The van der Waals surface area contributed by atoms with Crippen LogP contribution in [0.1, 0.15) is 30.3 Å². The van der Waals surface area contributed by atoms with Crippen molar-refractivity contribution in [1.82, 2.24) is 20.3 Å². The molecule has 1 amide bonds. The molecule has 0 bridgehead atoms. The van der Waals surface area contributed by atoms with Gasteiger partial charge in [-0.1, -0.05) is 5.21 Å². The van der Waals surface area contributed by atoms with Gasteiger partial charge in [-0.05, 0) is 19.8 Å². The van der Waals surface area contributed by atoms with Crippen molar-refractivity contribution in [3.8, 4) is 0 Å². The number of nitrogens with two attached hydrogens (primary N) is 1. The Labute approximate surface area is 106 Å². The van der Waals surface area contributed by atoms with E-state index in [0.29, 0.717) is 25.4 Å². The lowest BCUT2D eigenvalue weighted by Gasteiger charge is -2.33. The number of carbonyl (C=O) groups is 1. The van der Waals surface area contributed by atoms with Crippen LogP contribution in [0.2, 0.25) is 0 Å². The van der Waals surface area contributed by atoms with Crippen LogP contribution in [0.15, 0.2) is 6.20 Å². The molecule has 1 aromatic rings. The fourth-order valence-corrected chi connectivity index (χ4v) is 2.01. The monoisotopic (exact) mass is 253 g/mol. The zero-order valence-electron chi connectivity index (χ0n) is 10.6. The lowest BCUT2D eigenvalue weighted by Crippen LogP contribution is -2.51. The Bertz CT molecular complexity index is 411. The van der Waals surface area contributed by atoms with Gasteiger partial charge in [0.25, 0.3) is 5.91 Å². The Morgan fingerprint density at radius 1 is 1.72 bits per heavy atom. The first-order chi connectivity index (χ1) is 8.63. The topological polar surface area (TPSA) is 95.1 Å². The third-order valence-corrected chi connectivity index (χ3v) is 2.98. The molecule has 0 aromatic carbocycles. The molecule has 1 aliphatic heterocycles. The Morgan fingerprint density at radius 3 is 3.22 bits per heavy atom. The van der Waals surface area contributed by atoms with Crippen molar-refractivity contribution in [1.29, 1.82) is 0 Å². The second-order valence-electron chi connectivity index (χ2n) is 4.83. The van der Waals surface area contributed by atoms with E-state index < -0.39 is 0 Å². The minimum absolute atomic E-state index is 0.216. The smallest absolute Gasteiger partial charge is 0.273 e. The van der Waals surface area contributed by atoms with E-state index in [1.54, 1.807) is 10.9 Å². The van der Waals surface area contributed by atoms with Gasteiger partial charge < -0.3 is 15.8 Å². The molecule has 1 atom stereocenters. The second kappa shape index (κ2) is 5.45. The first-order valence-corrected chi connectivity index (χ1v) is 6.13. The molecule has 18 heavy (non-hydrogen) atoms. The molecule has 1 saturated heterocycles. The molecule has 0 radical (unpaired) electrons. The van der Waals surface area contributed by atoms with Crippen molar-refractivity contribution in [2.24, 2.45) is 5.73 Å². The molecule has 7 heteroatoms. The van der Waals surface area contributed by atoms with Gasteiger partial charge in [-0.3, -0.25) is 9.48 Å². The maximum atomic E-state index is 12.0. The summed E-state index contributed by atoms with van der Waals surface area (Å²) in [6.45, 7) is 4.30. The number of hydrogen-bond acceptors (Lipinski definition) is 5. The average Bonchev–Trinajstić information content (AvgIpc) is 2.78. The maximum Gasteiger partial charge on any atom is 0.273 e. The minimum Gasteiger partial charge on any atom is -0.379 e. The average molecular weight is 253 g/mol. The number of carbonyl (C=O) groups excluding carboxylic acids is 1. The minimum atomic E-state index is -0.313. The molecule has 2 heterocycles. The van der Waals surface area contributed by atoms with E-state index >= 15 is 0 Å². The van der Waals surface area contributed by atoms with Crippen molar-refractivity contribution in [3.63, 3.8) is 0 Å². The fraction of sp³-hybridized carbons (Fsp3) is 0.727. The number of nitrogens with one attached hydrogen (secondary N) is 1. The van der Waals surface area contributed by atoms with E-state index in [9.17, 15) is 4.79 Å². The summed E-state index contributed by atoms with van der Waals surface area (Å²) in [4.78, 5) is 12.0.